The molecule has 152 valence electrons. The highest BCUT2D eigenvalue weighted by Gasteiger charge is 2.20. The third kappa shape index (κ3) is 3.74. The molecule has 7 nitrogen and oxygen atoms in total. The van der Waals surface area contributed by atoms with Crippen molar-refractivity contribution in [2.75, 3.05) is 5.32 Å². The zero-order valence-electron chi connectivity index (χ0n) is 16.0. The van der Waals surface area contributed by atoms with Crippen molar-refractivity contribution in [2.24, 2.45) is 0 Å². The predicted octanol–water partition coefficient (Wildman–Crippen LogP) is 4.57. The Morgan fingerprint density at radius 3 is 2.61 bits per heavy atom. The van der Waals surface area contributed by atoms with Crippen molar-refractivity contribution < 1.29 is 9.18 Å². The van der Waals surface area contributed by atoms with Gasteiger partial charge in [-0.2, -0.15) is 0 Å². The minimum Gasteiger partial charge on any atom is -0.317 e. The molecule has 0 bridgehead atoms. The van der Waals surface area contributed by atoms with Crippen molar-refractivity contribution >= 4 is 22.9 Å². The number of benzene rings is 2. The van der Waals surface area contributed by atoms with E-state index in [9.17, 15) is 9.18 Å². The minimum atomic E-state index is -0.453. The third-order valence-electron chi connectivity index (χ3n) is 4.56. The number of para-hydroxylation sites is 2. The summed E-state index contributed by atoms with van der Waals surface area (Å²) in [5.41, 5.74) is 1.97. The van der Waals surface area contributed by atoms with Gasteiger partial charge in [0.25, 0.3) is 5.91 Å². The first-order valence-corrected chi connectivity index (χ1v) is 10.2. The summed E-state index contributed by atoms with van der Waals surface area (Å²) in [4.78, 5) is 22.4. The molecule has 31 heavy (non-hydrogen) atoms. The zero-order valence-corrected chi connectivity index (χ0v) is 16.8. The fourth-order valence-corrected chi connectivity index (χ4v) is 3.82. The van der Waals surface area contributed by atoms with E-state index >= 15 is 0 Å². The summed E-state index contributed by atoms with van der Waals surface area (Å²) < 4.78 is 16.7. The Morgan fingerprint density at radius 1 is 1.03 bits per heavy atom. The van der Waals surface area contributed by atoms with E-state index in [1.54, 1.807) is 46.2 Å². The Bertz CT molecular complexity index is 1330. The first-order valence-electron chi connectivity index (χ1n) is 9.34. The molecule has 1 amide bonds. The molecule has 5 rings (SSSR count). The minimum absolute atomic E-state index is 0.00755. The van der Waals surface area contributed by atoms with Gasteiger partial charge in [-0.1, -0.05) is 18.2 Å². The zero-order chi connectivity index (χ0) is 21.2. The van der Waals surface area contributed by atoms with Gasteiger partial charge < -0.3 is 9.88 Å². The number of nitrogens with zero attached hydrogens (tertiary/aromatic N) is 5. The van der Waals surface area contributed by atoms with Gasteiger partial charge in [-0.05, 0) is 47.8 Å². The van der Waals surface area contributed by atoms with Gasteiger partial charge in [0, 0.05) is 12.4 Å². The monoisotopic (exact) mass is 430 g/mol. The van der Waals surface area contributed by atoms with Crippen LogP contribution >= 0.6 is 11.3 Å². The smallest absolute Gasteiger partial charge is 0.295 e. The van der Waals surface area contributed by atoms with Gasteiger partial charge in [0.05, 0.1) is 28.3 Å². The van der Waals surface area contributed by atoms with Gasteiger partial charge in [0.15, 0.2) is 5.82 Å². The quantitative estimate of drug-likeness (QED) is 0.443. The number of rotatable bonds is 5. The molecule has 3 heterocycles. The van der Waals surface area contributed by atoms with Gasteiger partial charge in [0.1, 0.15) is 5.82 Å². The van der Waals surface area contributed by atoms with Crippen LogP contribution in [0.4, 0.5) is 10.1 Å². The lowest BCUT2D eigenvalue weighted by Crippen LogP contribution is -2.15. The fraction of sp³-hybridized carbons (Fsp3) is 0. The molecule has 0 aliphatic heterocycles. The number of carbonyl (C=O) groups is 1. The van der Waals surface area contributed by atoms with Crippen LogP contribution in [0.25, 0.3) is 22.1 Å². The van der Waals surface area contributed by atoms with Crippen LogP contribution in [-0.2, 0) is 0 Å². The van der Waals surface area contributed by atoms with Gasteiger partial charge in [0.2, 0.25) is 5.82 Å². The molecule has 9 heteroatoms. The molecular weight excluding hydrogens is 415 g/mol. The second-order valence-electron chi connectivity index (χ2n) is 6.57. The van der Waals surface area contributed by atoms with E-state index in [2.05, 4.69) is 20.4 Å². The molecule has 0 unspecified atom stereocenters. The lowest BCUT2D eigenvalue weighted by atomic mass is 10.2. The summed E-state index contributed by atoms with van der Waals surface area (Å²) in [6.07, 6.45) is 5.11. The van der Waals surface area contributed by atoms with Crippen molar-refractivity contribution in [2.45, 2.75) is 0 Å². The van der Waals surface area contributed by atoms with Crippen LogP contribution in [-0.4, -0.2) is 30.2 Å². The summed E-state index contributed by atoms with van der Waals surface area (Å²) in [5, 5.41) is 9.21. The predicted molar refractivity (Wildman–Crippen MR) is 116 cm³/mol. The average Bonchev–Trinajstić information content (AvgIpc) is 3.56. The van der Waals surface area contributed by atoms with Gasteiger partial charge >= 0.3 is 0 Å². The molecule has 0 atom stereocenters. The summed E-state index contributed by atoms with van der Waals surface area (Å²) in [7, 11) is 0. The molecular formula is C22H15FN6OS. The second kappa shape index (κ2) is 7.96. The van der Waals surface area contributed by atoms with E-state index in [1.807, 2.05) is 35.7 Å². The molecule has 0 fully saturated rings. The number of hydrogen-bond donors (Lipinski definition) is 1. The normalized spacial score (nSPS) is 10.9. The van der Waals surface area contributed by atoms with Crippen molar-refractivity contribution in [3.63, 3.8) is 0 Å². The van der Waals surface area contributed by atoms with E-state index in [0.29, 0.717) is 17.2 Å². The SMILES string of the molecule is O=C(Nc1ccccc1-n1ccnc1)c1nc(-c2cccs2)n(-c2ccc(F)cc2)n1. The Balaban J connectivity index is 1.52. The highest BCUT2D eigenvalue weighted by Crippen LogP contribution is 2.26. The Hall–Kier alpha value is -4.11. The molecule has 0 spiro atoms. The number of imidazole rings is 1. The number of carbonyl (C=O) groups excluding carboxylic acids is 1. The van der Waals surface area contributed by atoms with E-state index in [1.165, 1.54) is 23.5 Å². The van der Waals surface area contributed by atoms with E-state index in [-0.39, 0.29) is 11.6 Å². The second-order valence-corrected chi connectivity index (χ2v) is 7.51. The molecule has 0 saturated heterocycles. The fourth-order valence-electron chi connectivity index (χ4n) is 3.12. The van der Waals surface area contributed by atoms with Crippen molar-refractivity contribution in [3.05, 3.63) is 96.4 Å². The van der Waals surface area contributed by atoms with Crippen LogP contribution in [0.15, 0.2) is 84.8 Å². The molecule has 3 aromatic heterocycles. The van der Waals surface area contributed by atoms with Gasteiger partial charge in [-0.15, -0.1) is 16.4 Å². The summed E-state index contributed by atoms with van der Waals surface area (Å²) in [6, 6.07) is 17.0. The first kappa shape index (κ1) is 18.9. The van der Waals surface area contributed by atoms with E-state index in [4.69, 9.17) is 0 Å². The Morgan fingerprint density at radius 2 is 1.87 bits per heavy atom. The molecule has 0 aliphatic rings. The molecule has 2 aromatic carbocycles. The van der Waals surface area contributed by atoms with E-state index < -0.39 is 5.91 Å². The molecule has 1 N–H and O–H groups in total. The lowest BCUT2D eigenvalue weighted by molar-refractivity contribution is 0.101. The van der Waals surface area contributed by atoms with Crippen LogP contribution in [0.1, 0.15) is 10.6 Å². The number of halogens is 1. The van der Waals surface area contributed by atoms with Crippen LogP contribution < -0.4 is 5.32 Å². The standard InChI is InChI=1S/C22H15FN6OS/c23-15-7-9-16(10-8-15)29-21(19-6-3-13-31-19)26-20(27-29)22(30)25-17-4-1-2-5-18(17)28-12-11-24-14-28/h1-14H,(H,25,30). The van der Waals surface area contributed by atoms with Gasteiger partial charge in [-0.25, -0.2) is 19.0 Å². The largest absolute Gasteiger partial charge is 0.317 e. The first-order chi connectivity index (χ1) is 15.2. The Kier molecular flexibility index (Phi) is 4.85. The maximum atomic E-state index is 13.4. The van der Waals surface area contributed by atoms with Gasteiger partial charge in [-0.3, -0.25) is 4.79 Å². The number of amides is 1. The van der Waals surface area contributed by atoms with Crippen LogP contribution in [0.2, 0.25) is 0 Å². The summed E-state index contributed by atoms with van der Waals surface area (Å²) in [6.45, 7) is 0. The molecule has 0 radical (unpaired) electrons. The molecule has 0 saturated carbocycles. The number of nitrogens with one attached hydrogen (secondary N) is 1. The highest BCUT2D eigenvalue weighted by molar-refractivity contribution is 7.13. The number of anilines is 1. The Labute approximate surface area is 180 Å². The summed E-state index contributed by atoms with van der Waals surface area (Å²) in [5.74, 6) is -0.287. The van der Waals surface area contributed by atoms with E-state index in [0.717, 1.165) is 10.6 Å². The third-order valence-corrected chi connectivity index (χ3v) is 5.42. The lowest BCUT2D eigenvalue weighted by Gasteiger charge is -2.10. The van der Waals surface area contributed by atoms with Crippen LogP contribution in [0.3, 0.4) is 0 Å². The number of aromatic nitrogens is 5. The highest BCUT2D eigenvalue weighted by atomic mass is 32.1. The number of thiophene rings is 1. The molecule has 5 aromatic rings. The van der Waals surface area contributed by atoms with Crippen LogP contribution in [0.5, 0.6) is 0 Å². The van der Waals surface area contributed by atoms with Crippen molar-refractivity contribution in [1.82, 2.24) is 24.3 Å². The maximum absolute atomic E-state index is 13.4. The maximum Gasteiger partial charge on any atom is 0.295 e. The van der Waals surface area contributed by atoms with Crippen molar-refractivity contribution in [3.8, 4) is 22.1 Å². The number of hydrogen-bond acceptors (Lipinski definition) is 5. The summed E-state index contributed by atoms with van der Waals surface area (Å²) >= 11 is 1.48. The average molecular weight is 430 g/mol. The van der Waals surface area contributed by atoms with Crippen molar-refractivity contribution in [1.29, 1.82) is 0 Å². The topological polar surface area (TPSA) is 77.6 Å². The van der Waals surface area contributed by atoms with Crippen LogP contribution in [0, 0.1) is 5.82 Å². The molecule has 0 aliphatic carbocycles.